The van der Waals surface area contributed by atoms with Gasteiger partial charge in [-0.05, 0) is 89.6 Å². The van der Waals surface area contributed by atoms with Crippen LogP contribution in [-0.2, 0) is 0 Å². The molecule has 0 radical (unpaired) electrons. The highest BCUT2D eigenvalue weighted by Gasteiger charge is 2.11. The van der Waals surface area contributed by atoms with Gasteiger partial charge in [-0.3, -0.25) is 0 Å². The van der Waals surface area contributed by atoms with Gasteiger partial charge in [-0.2, -0.15) is 0 Å². The van der Waals surface area contributed by atoms with Crippen LogP contribution in [0.15, 0.2) is 31.7 Å². The standard InChI is InChI=1S/C23H38S5/c1-17(2)9-7-11-19(5)13-15-25-21-22(28-23(24)27-21)26-16-14-20(6)12-8-10-18(3)4/h9-10,19-20H,7-8,11-16H2,1-6H3/t19-,20-/m0/s1. The fraction of sp³-hybridized carbons (Fsp3) is 0.696. The van der Waals surface area contributed by atoms with Gasteiger partial charge in [0.15, 0.2) is 0 Å². The van der Waals surface area contributed by atoms with Gasteiger partial charge in [-0.25, -0.2) is 0 Å². The zero-order valence-electron chi connectivity index (χ0n) is 18.5. The van der Waals surface area contributed by atoms with Crippen molar-refractivity contribution in [2.45, 2.75) is 88.5 Å². The quantitative estimate of drug-likeness (QED) is 0.149. The number of rotatable bonds is 14. The summed E-state index contributed by atoms with van der Waals surface area (Å²) in [5, 5.41) is 0. The lowest BCUT2D eigenvalue weighted by atomic mass is 10.0. The second-order valence-electron chi connectivity index (χ2n) is 8.23. The Morgan fingerprint density at radius 2 is 1.18 bits per heavy atom. The van der Waals surface area contributed by atoms with E-state index in [1.165, 1.54) is 69.6 Å². The molecule has 0 nitrogen and oxygen atoms in total. The molecule has 0 N–H and O–H groups in total. The first kappa shape index (κ1) is 26.5. The first-order valence-electron chi connectivity index (χ1n) is 10.4. The van der Waals surface area contributed by atoms with Crippen LogP contribution in [0.5, 0.6) is 0 Å². The van der Waals surface area contributed by atoms with Gasteiger partial charge in [0.25, 0.3) is 0 Å². The summed E-state index contributed by atoms with van der Waals surface area (Å²) >= 11 is 13.2. The summed E-state index contributed by atoms with van der Waals surface area (Å²) in [7, 11) is 0. The number of hydrogen-bond acceptors (Lipinski definition) is 5. The maximum absolute atomic E-state index is 5.49. The first-order chi connectivity index (χ1) is 13.3. The van der Waals surface area contributed by atoms with Crippen LogP contribution in [0.2, 0.25) is 0 Å². The van der Waals surface area contributed by atoms with E-state index in [1.54, 1.807) is 0 Å². The maximum atomic E-state index is 5.49. The highest BCUT2D eigenvalue weighted by atomic mass is 32.2. The SMILES string of the molecule is CC(C)=CCC[C@H](C)CCSc1sc(=S)sc1SCC[C@@H](C)CCC=C(C)C. The van der Waals surface area contributed by atoms with E-state index in [1.807, 2.05) is 46.2 Å². The Bertz CT molecular complexity index is 602. The van der Waals surface area contributed by atoms with Crippen LogP contribution >= 0.6 is 58.4 Å². The van der Waals surface area contributed by atoms with E-state index in [2.05, 4.69) is 53.7 Å². The molecule has 0 saturated heterocycles. The van der Waals surface area contributed by atoms with Crippen molar-refractivity contribution in [2.75, 3.05) is 11.5 Å². The van der Waals surface area contributed by atoms with E-state index in [-0.39, 0.29) is 0 Å². The first-order valence-corrected chi connectivity index (χ1v) is 14.5. The molecule has 0 fully saturated rings. The Balaban J connectivity index is 2.34. The van der Waals surface area contributed by atoms with Crippen LogP contribution < -0.4 is 0 Å². The van der Waals surface area contributed by atoms with Crippen molar-refractivity contribution < 1.29 is 0 Å². The lowest BCUT2D eigenvalue weighted by Crippen LogP contribution is -1.96. The Kier molecular flexibility index (Phi) is 14.5. The van der Waals surface area contributed by atoms with Crippen LogP contribution in [0.25, 0.3) is 0 Å². The van der Waals surface area contributed by atoms with Crippen molar-refractivity contribution >= 4 is 58.4 Å². The summed E-state index contributed by atoms with van der Waals surface area (Å²) in [4.78, 5) is 0. The molecule has 0 aliphatic carbocycles. The Labute approximate surface area is 195 Å². The summed E-state index contributed by atoms with van der Waals surface area (Å²) in [6.45, 7) is 13.5. The molecule has 160 valence electrons. The molecular formula is C23H38S5. The monoisotopic (exact) mass is 474 g/mol. The molecule has 28 heavy (non-hydrogen) atoms. The Morgan fingerprint density at radius 3 is 1.54 bits per heavy atom. The second-order valence-corrected chi connectivity index (χ2v) is 14.2. The van der Waals surface area contributed by atoms with E-state index in [9.17, 15) is 0 Å². The third-order valence-corrected chi connectivity index (χ3v) is 10.3. The molecule has 1 aromatic rings. The molecule has 2 atom stereocenters. The van der Waals surface area contributed by atoms with Crippen molar-refractivity contribution in [1.29, 1.82) is 0 Å². The number of thioether (sulfide) groups is 2. The van der Waals surface area contributed by atoms with Crippen molar-refractivity contribution in [2.24, 2.45) is 11.8 Å². The number of hydrogen-bond donors (Lipinski definition) is 0. The minimum absolute atomic E-state index is 0.799. The Morgan fingerprint density at radius 1 is 0.786 bits per heavy atom. The second kappa shape index (κ2) is 15.3. The molecule has 5 heteroatoms. The summed E-state index contributed by atoms with van der Waals surface area (Å²) < 4.78 is 4.01. The average molecular weight is 475 g/mol. The summed E-state index contributed by atoms with van der Waals surface area (Å²) in [6.07, 6.45) is 12.4. The third-order valence-electron chi connectivity index (χ3n) is 4.63. The molecule has 1 heterocycles. The molecule has 0 spiro atoms. The highest BCUT2D eigenvalue weighted by molar-refractivity contribution is 8.05. The lowest BCUT2D eigenvalue weighted by Gasteiger charge is -2.11. The molecule has 1 aromatic heterocycles. The molecule has 0 aliphatic heterocycles. The van der Waals surface area contributed by atoms with Gasteiger partial charge in [0.2, 0.25) is 0 Å². The molecule has 0 unspecified atom stereocenters. The predicted molar refractivity (Wildman–Crippen MR) is 139 cm³/mol. The van der Waals surface area contributed by atoms with Crippen LogP contribution in [0.3, 0.4) is 0 Å². The zero-order chi connectivity index (χ0) is 20.9. The fourth-order valence-electron chi connectivity index (χ4n) is 2.74. The highest BCUT2D eigenvalue weighted by Crippen LogP contribution is 2.41. The van der Waals surface area contributed by atoms with E-state index in [0.29, 0.717) is 0 Å². The minimum Gasteiger partial charge on any atom is -0.113 e. The summed E-state index contributed by atoms with van der Waals surface area (Å²) in [5.41, 5.74) is 2.88. The molecular weight excluding hydrogens is 437 g/mol. The van der Waals surface area contributed by atoms with Crippen LogP contribution in [0.1, 0.15) is 80.1 Å². The molecule has 0 aromatic carbocycles. The van der Waals surface area contributed by atoms with E-state index >= 15 is 0 Å². The van der Waals surface area contributed by atoms with Gasteiger partial charge < -0.3 is 0 Å². The zero-order valence-corrected chi connectivity index (χ0v) is 22.6. The van der Waals surface area contributed by atoms with Gasteiger partial charge in [0.1, 0.15) is 3.14 Å². The topological polar surface area (TPSA) is 0 Å². The molecule has 0 bridgehead atoms. The van der Waals surface area contributed by atoms with Gasteiger partial charge in [-0.1, -0.05) is 49.4 Å². The average Bonchev–Trinajstić information content (AvgIpc) is 2.94. The van der Waals surface area contributed by atoms with Gasteiger partial charge in [-0.15, -0.1) is 46.2 Å². The Hall–Kier alpha value is 0.450. The predicted octanol–water partition coefficient (Wildman–Crippen LogP) is 10.3. The van der Waals surface area contributed by atoms with Gasteiger partial charge in [0, 0.05) is 0 Å². The van der Waals surface area contributed by atoms with Crippen LogP contribution in [0, 0.1) is 15.0 Å². The van der Waals surface area contributed by atoms with Crippen LogP contribution in [0.4, 0.5) is 0 Å². The minimum atomic E-state index is 0.799. The maximum Gasteiger partial charge on any atom is 0.145 e. The van der Waals surface area contributed by atoms with E-state index in [0.717, 1.165) is 15.0 Å². The molecule has 0 saturated carbocycles. The van der Waals surface area contributed by atoms with Gasteiger partial charge >= 0.3 is 0 Å². The van der Waals surface area contributed by atoms with Crippen LogP contribution in [-0.4, -0.2) is 11.5 Å². The molecule has 0 amide bonds. The largest absolute Gasteiger partial charge is 0.145 e. The fourth-order valence-corrected chi connectivity index (χ4v) is 9.33. The van der Waals surface area contributed by atoms with Gasteiger partial charge in [0.05, 0.1) is 8.42 Å². The number of allylic oxidation sites excluding steroid dienone is 4. The molecule has 0 aliphatic rings. The third kappa shape index (κ3) is 12.9. The van der Waals surface area contributed by atoms with Crippen molar-refractivity contribution in [3.8, 4) is 0 Å². The molecule has 1 rings (SSSR count). The summed E-state index contributed by atoms with van der Waals surface area (Å²) in [6, 6.07) is 0. The van der Waals surface area contributed by atoms with Crippen molar-refractivity contribution in [3.63, 3.8) is 0 Å². The normalized spacial score (nSPS) is 13.2. The van der Waals surface area contributed by atoms with E-state index < -0.39 is 0 Å². The van der Waals surface area contributed by atoms with E-state index in [4.69, 9.17) is 12.2 Å². The summed E-state index contributed by atoms with van der Waals surface area (Å²) in [5.74, 6) is 4.02. The lowest BCUT2D eigenvalue weighted by molar-refractivity contribution is 0.525. The van der Waals surface area contributed by atoms with Crippen molar-refractivity contribution in [3.05, 3.63) is 26.4 Å². The smallest absolute Gasteiger partial charge is 0.113 e. The van der Waals surface area contributed by atoms with Crippen molar-refractivity contribution in [1.82, 2.24) is 0 Å².